The molecule has 106 valence electrons. The molecule has 1 aromatic heterocycles. The van der Waals surface area contributed by atoms with E-state index < -0.39 is 17.7 Å². The molecule has 1 N–H and O–H groups in total. The lowest BCUT2D eigenvalue weighted by molar-refractivity contribution is -0.141. The van der Waals surface area contributed by atoms with Crippen molar-refractivity contribution < 1.29 is 22.7 Å². The summed E-state index contributed by atoms with van der Waals surface area (Å²) in [5.74, 6) is -0.672. The van der Waals surface area contributed by atoms with Gasteiger partial charge in [-0.2, -0.15) is 13.2 Å². The second-order valence-electron chi connectivity index (χ2n) is 4.04. The first-order chi connectivity index (χ1) is 9.41. The number of aromatic nitrogens is 2. The zero-order chi connectivity index (χ0) is 14.8. The molecule has 2 aromatic rings. The summed E-state index contributed by atoms with van der Waals surface area (Å²) in [4.78, 5) is 7.18. The highest BCUT2D eigenvalue weighted by atomic mass is 19.4. The zero-order valence-electron chi connectivity index (χ0n) is 10.2. The number of rotatable bonds is 3. The van der Waals surface area contributed by atoms with Crippen LogP contribution in [0.3, 0.4) is 0 Å². The lowest BCUT2D eigenvalue weighted by atomic mass is 10.1. The maximum Gasteiger partial charge on any atom is 0.433 e. The predicted octanol–water partition coefficient (Wildman–Crippen LogP) is 2.84. The van der Waals surface area contributed by atoms with Gasteiger partial charge < -0.3 is 5.11 Å². The van der Waals surface area contributed by atoms with E-state index in [4.69, 9.17) is 5.11 Å². The monoisotopic (exact) mass is 286 g/mol. The Balaban J connectivity index is 2.44. The SMILES string of the molecule is OCCc1cc(-c2nccc(C(F)(F)F)n2)ccc1F. The van der Waals surface area contributed by atoms with Gasteiger partial charge in [0.2, 0.25) is 0 Å². The van der Waals surface area contributed by atoms with Crippen molar-refractivity contribution in [1.82, 2.24) is 9.97 Å². The predicted molar refractivity (Wildman–Crippen MR) is 63.2 cm³/mol. The number of hydrogen-bond acceptors (Lipinski definition) is 3. The summed E-state index contributed by atoms with van der Waals surface area (Å²) in [6.07, 6.45) is -3.50. The molecule has 0 atom stereocenters. The summed E-state index contributed by atoms with van der Waals surface area (Å²) < 4.78 is 51.1. The summed E-state index contributed by atoms with van der Waals surface area (Å²) in [7, 11) is 0. The van der Waals surface area contributed by atoms with Crippen molar-refractivity contribution in [3.8, 4) is 11.4 Å². The van der Waals surface area contributed by atoms with Crippen LogP contribution in [0.2, 0.25) is 0 Å². The molecule has 0 aliphatic carbocycles. The Morgan fingerprint density at radius 2 is 1.90 bits per heavy atom. The van der Waals surface area contributed by atoms with Crippen LogP contribution in [0.4, 0.5) is 17.6 Å². The molecule has 0 spiro atoms. The summed E-state index contributed by atoms with van der Waals surface area (Å²) in [5, 5.41) is 8.81. The van der Waals surface area contributed by atoms with Crippen LogP contribution in [0.25, 0.3) is 11.4 Å². The number of halogens is 4. The molecule has 0 saturated heterocycles. The van der Waals surface area contributed by atoms with Crippen molar-refractivity contribution in [3.05, 3.63) is 47.5 Å². The summed E-state index contributed by atoms with van der Waals surface area (Å²) in [5.41, 5.74) is -0.595. The maximum atomic E-state index is 13.4. The molecule has 0 amide bonds. The van der Waals surface area contributed by atoms with Crippen LogP contribution < -0.4 is 0 Å². The molecule has 0 radical (unpaired) electrons. The van der Waals surface area contributed by atoms with Gasteiger partial charge in [0, 0.05) is 18.4 Å². The molecular formula is C13H10F4N2O. The van der Waals surface area contributed by atoms with Crippen molar-refractivity contribution in [2.75, 3.05) is 6.61 Å². The van der Waals surface area contributed by atoms with Crippen LogP contribution in [0.5, 0.6) is 0 Å². The second-order valence-corrected chi connectivity index (χ2v) is 4.04. The number of aliphatic hydroxyl groups excluding tert-OH is 1. The molecular weight excluding hydrogens is 276 g/mol. The van der Waals surface area contributed by atoms with E-state index in [1.807, 2.05) is 0 Å². The van der Waals surface area contributed by atoms with Gasteiger partial charge in [-0.3, -0.25) is 0 Å². The van der Waals surface area contributed by atoms with Gasteiger partial charge in [0.1, 0.15) is 11.5 Å². The van der Waals surface area contributed by atoms with Gasteiger partial charge in [0.15, 0.2) is 5.82 Å². The molecule has 3 nitrogen and oxygen atoms in total. The van der Waals surface area contributed by atoms with Crippen molar-refractivity contribution >= 4 is 0 Å². The zero-order valence-corrected chi connectivity index (χ0v) is 10.2. The van der Waals surface area contributed by atoms with Crippen LogP contribution in [0.15, 0.2) is 30.5 Å². The fourth-order valence-electron chi connectivity index (χ4n) is 1.68. The van der Waals surface area contributed by atoms with Gasteiger partial charge in [-0.25, -0.2) is 14.4 Å². The Labute approximate surface area is 111 Å². The third-order valence-electron chi connectivity index (χ3n) is 2.63. The van der Waals surface area contributed by atoms with Gasteiger partial charge in [-0.15, -0.1) is 0 Å². The van der Waals surface area contributed by atoms with Crippen molar-refractivity contribution in [1.29, 1.82) is 0 Å². The third-order valence-corrected chi connectivity index (χ3v) is 2.63. The molecule has 0 bridgehead atoms. The van der Waals surface area contributed by atoms with E-state index in [1.54, 1.807) is 0 Å². The Hall–Kier alpha value is -2.02. The highest BCUT2D eigenvalue weighted by Gasteiger charge is 2.32. The maximum absolute atomic E-state index is 13.4. The average Bonchev–Trinajstić information content (AvgIpc) is 2.41. The Bertz CT molecular complexity index is 614. The fourth-order valence-corrected chi connectivity index (χ4v) is 1.68. The minimum absolute atomic E-state index is 0.0681. The molecule has 0 aliphatic heterocycles. The largest absolute Gasteiger partial charge is 0.433 e. The highest BCUT2D eigenvalue weighted by molar-refractivity contribution is 5.56. The van der Waals surface area contributed by atoms with Gasteiger partial charge in [0.25, 0.3) is 0 Å². The number of benzene rings is 1. The first-order valence-corrected chi connectivity index (χ1v) is 5.71. The van der Waals surface area contributed by atoms with Crippen LogP contribution in [-0.4, -0.2) is 21.7 Å². The van der Waals surface area contributed by atoms with Crippen molar-refractivity contribution in [2.45, 2.75) is 12.6 Å². The molecule has 7 heteroatoms. The van der Waals surface area contributed by atoms with Gasteiger partial charge in [-0.1, -0.05) is 0 Å². The quantitative estimate of drug-likeness (QED) is 0.882. The second kappa shape index (κ2) is 5.54. The van der Waals surface area contributed by atoms with E-state index >= 15 is 0 Å². The van der Waals surface area contributed by atoms with E-state index in [-0.39, 0.29) is 30.0 Å². The Morgan fingerprint density at radius 3 is 2.55 bits per heavy atom. The first-order valence-electron chi connectivity index (χ1n) is 5.71. The van der Waals surface area contributed by atoms with E-state index in [1.165, 1.54) is 12.1 Å². The number of nitrogens with zero attached hydrogens (tertiary/aromatic N) is 2. The van der Waals surface area contributed by atoms with E-state index in [2.05, 4.69) is 9.97 Å². The van der Waals surface area contributed by atoms with Crippen LogP contribution in [0.1, 0.15) is 11.3 Å². The molecule has 0 aliphatic rings. The smallest absolute Gasteiger partial charge is 0.396 e. The first kappa shape index (κ1) is 14.4. The van der Waals surface area contributed by atoms with Crippen LogP contribution in [0, 0.1) is 5.82 Å². The molecule has 1 heterocycles. The molecule has 0 saturated carbocycles. The molecule has 1 aromatic carbocycles. The number of alkyl halides is 3. The third kappa shape index (κ3) is 3.11. The summed E-state index contributed by atoms with van der Waals surface area (Å²) in [6.45, 7) is -0.260. The summed E-state index contributed by atoms with van der Waals surface area (Å²) >= 11 is 0. The lowest BCUT2D eigenvalue weighted by Gasteiger charge is -2.08. The Kier molecular flexibility index (Phi) is 3.99. The topological polar surface area (TPSA) is 46.0 Å². The molecule has 0 unspecified atom stereocenters. The normalized spacial score (nSPS) is 11.7. The van der Waals surface area contributed by atoms with Crippen LogP contribution in [-0.2, 0) is 12.6 Å². The molecule has 20 heavy (non-hydrogen) atoms. The standard InChI is InChI=1S/C13H10F4N2O/c14-10-2-1-9(7-8(10)4-6-20)12-18-5-3-11(19-12)13(15,16)17/h1-3,5,7,20H,4,6H2. The van der Waals surface area contributed by atoms with E-state index in [0.717, 1.165) is 18.3 Å². The number of hydrogen-bond donors (Lipinski definition) is 1. The fraction of sp³-hybridized carbons (Fsp3) is 0.231. The molecule has 2 rings (SSSR count). The van der Waals surface area contributed by atoms with E-state index in [9.17, 15) is 17.6 Å². The van der Waals surface area contributed by atoms with Gasteiger partial charge in [-0.05, 0) is 36.2 Å². The number of aliphatic hydroxyl groups is 1. The van der Waals surface area contributed by atoms with Gasteiger partial charge in [0.05, 0.1) is 0 Å². The van der Waals surface area contributed by atoms with Gasteiger partial charge >= 0.3 is 6.18 Å². The minimum atomic E-state index is -4.56. The minimum Gasteiger partial charge on any atom is -0.396 e. The lowest BCUT2D eigenvalue weighted by Crippen LogP contribution is -2.09. The Morgan fingerprint density at radius 1 is 1.15 bits per heavy atom. The molecule has 0 fully saturated rings. The van der Waals surface area contributed by atoms with Crippen molar-refractivity contribution in [2.24, 2.45) is 0 Å². The van der Waals surface area contributed by atoms with E-state index in [0.29, 0.717) is 0 Å². The average molecular weight is 286 g/mol. The summed E-state index contributed by atoms with van der Waals surface area (Å²) in [6, 6.07) is 4.51. The van der Waals surface area contributed by atoms with Crippen molar-refractivity contribution in [3.63, 3.8) is 0 Å². The van der Waals surface area contributed by atoms with Crippen LogP contribution >= 0.6 is 0 Å². The highest BCUT2D eigenvalue weighted by Crippen LogP contribution is 2.28.